The Labute approximate surface area is 98.7 Å². The predicted molar refractivity (Wildman–Crippen MR) is 71.2 cm³/mol. The molecule has 2 nitrogen and oxygen atoms in total. The SMILES string of the molecule is CC1CCCC1Nc1ccccc1N(C)C. The Hall–Kier alpha value is -1.18. The van der Waals surface area contributed by atoms with Gasteiger partial charge in [-0.3, -0.25) is 0 Å². The molecule has 16 heavy (non-hydrogen) atoms. The maximum Gasteiger partial charge on any atom is 0.0596 e. The van der Waals surface area contributed by atoms with E-state index in [-0.39, 0.29) is 0 Å². The van der Waals surface area contributed by atoms with Gasteiger partial charge in [-0.2, -0.15) is 0 Å². The molecule has 0 amide bonds. The molecule has 2 heteroatoms. The molecule has 88 valence electrons. The normalized spacial score (nSPS) is 24.4. The highest BCUT2D eigenvalue weighted by Gasteiger charge is 2.23. The smallest absolute Gasteiger partial charge is 0.0596 e. The third-order valence-corrected chi connectivity index (χ3v) is 3.59. The van der Waals surface area contributed by atoms with E-state index in [2.05, 4.69) is 55.5 Å². The number of rotatable bonds is 3. The summed E-state index contributed by atoms with van der Waals surface area (Å²) in [6.45, 7) is 2.35. The van der Waals surface area contributed by atoms with E-state index in [0.29, 0.717) is 6.04 Å². The van der Waals surface area contributed by atoms with Crippen molar-refractivity contribution in [2.45, 2.75) is 32.2 Å². The zero-order chi connectivity index (χ0) is 11.5. The summed E-state index contributed by atoms with van der Waals surface area (Å²) in [7, 11) is 4.19. The van der Waals surface area contributed by atoms with Crippen molar-refractivity contribution in [2.75, 3.05) is 24.3 Å². The first-order chi connectivity index (χ1) is 7.68. The maximum atomic E-state index is 3.70. The van der Waals surface area contributed by atoms with Crippen molar-refractivity contribution in [2.24, 2.45) is 5.92 Å². The molecule has 1 N–H and O–H groups in total. The molecular weight excluding hydrogens is 196 g/mol. The van der Waals surface area contributed by atoms with Crippen LogP contribution in [0.3, 0.4) is 0 Å². The summed E-state index contributed by atoms with van der Waals surface area (Å²) in [5.74, 6) is 0.801. The van der Waals surface area contributed by atoms with Gasteiger partial charge in [-0.1, -0.05) is 25.5 Å². The highest BCUT2D eigenvalue weighted by molar-refractivity contribution is 5.69. The lowest BCUT2D eigenvalue weighted by Crippen LogP contribution is -2.23. The van der Waals surface area contributed by atoms with E-state index in [1.807, 2.05) is 0 Å². The molecule has 0 heterocycles. The largest absolute Gasteiger partial charge is 0.380 e. The van der Waals surface area contributed by atoms with Crippen LogP contribution in [0.5, 0.6) is 0 Å². The standard InChI is InChI=1S/C14H22N2/c1-11-7-6-9-12(11)15-13-8-4-5-10-14(13)16(2)3/h4-5,8,10-12,15H,6-7,9H2,1-3H3. The molecule has 0 bridgehead atoms. The molecule has 1 aromatic rings. The van der Waals surface area contributed by atoms with Gasteiger partial charge in [-0.25, -0.2) is 0 Å². The van der Waals surface area contributed by atoms with Crippen LogP contribution in [0.15, 0.2) is 24.3 Å². The van der Waals surface area contributed by atoms with Crippen LogP contribution in [0.25, 0.3) is 0 Å². The molecule has 2 rings (SSSR count). The molecule has 0 aromatic heterocycles. The Morgan fingerprint density at radius 1 is 1.19 bits per heavy atom. The van der Waals surface area contributed by atoms with Gasteiger partial charge in [0.1, 0.15) is 0 Å². The van der Waals surface area contributed by atoms with Crippen molar-refractivity contribution in [1.82, 2.24) is 0 Å². The molecule has 0 saturated heterocycles. The van der Waals surface area contributed by atoms with E-state index in [9.17, 15) is 0 Å². The zero-order valence-electron chi connectivity index (χ0n) is 10.5. The van der Waals surface area contributed by atoms with E-state index in [0.717, 1.165) is 5.92 Å². The van der Waals surface area contributed by atoms with Crippen molar-refractivity contribution in [3.8, 4) is 0 Å². The summed E-state index contributed by atoms with van der Waals surface area (Å²) in [4.78, 5) is 2.17. The predicted octanol–water partition coefficient (Wildman–Crippen LogP) is 3.35. The Balaban J connectivity index is 2.14. The minimum absolute atomic E-state index is 0.654. The van der Waals surface area contributed by atoms with Gasteiger partial charge in [0.15, 0.2) is 0 Å². The summed E-state index contributed by atoms with van der Waals surface area (Å²) < 4.78 is 0. The van der Waals surface area contributed by atoms with Crippen LogP contribution in [0, 0.1) is 5.92 Å². The van der Waals surface area contributed by atoms with Crippen molar-refractivity contribution in [3.63, 3.8) is 0 Å². The molecule has 0 aliphatic heterocycles. The number of hydrogen-bond donors (Lipinski definition) is 1. The average molecular weight is 218 g/mol. The third kappa shape index (κ3) is 2.31. The monoisotopic (exact) mass is 218 g/mol. The minimum Gasteiger partial charge on any atom is -0.380 e. The second kappa shape index (κ2) is 4.77. The molecule has 2 atom stereocenters. The number of para-hydroxylation sites is 2. The topological polar surface area (TPSA) is 15.3 Å². The second-order valence-corrected chi connectivity index (χ2v) is 5.07. The zero-order valence-corrected chi connectivity index (χ0v) is 10.5. The van der Waals surface area contributed by atoms with E-state index in [1.165, 1.54) is 30.6 Å². The highest BCUT2D eigenvalue weighted by atomic mass is 15.1. The number of anilines is 2. The minimum atomic E-state index is 0.654. The molecule has 2 unspecified atom stereocenters. The van der Waals surface area contributed by atoms with Crippen LogP contribution in [-0.2, 0) is 0 Å². The number of nitrogens with zero attached hydrogens (tertiary/aromatic N) is 1. The first-order valence-electron chi connectivity index (χ1n) is 6.21. The Morgan fingerprint density at radius 2 is 1.94 bits per heavy atom. The molecular formula is C14H22N2. The lowest BCUT2D eigenvalue weighted by Gasteiger charge is -2.23. The average Bonchev–Trinajstić information content (AvgIpc) is 2.65. The van der Waals surface area contributed by atoms with Gasteiger partial charge in [0.05, 0.1) is 11.4 Å². The van der Waals surface area contributed by atoms with Crippen molar-refractivity contribution in [3.05, 3.63) is 24.3 Å². The summed E-state index contributed by atoms with van der Waals surface area (Å²) in [5, 5.41) is 3.70. The molecule has 1 aromatic carbocycles. The number of benzene rings is 1. The Kier molecular flexibility index (Phi) is 3.37. The molecule has 1 aliphatic carbocycles. The highest BCUT2D eigenvalue weighted by Crippen LogP contribution is 2.31. The Morgan fingerprint density at radius 3 is 2.56 bits per heavy atom. The van der Waals surface area contributed by atoms with Crippen molar-refractivity contribution >= 4 is 11.4 Å². The number of nitrogens with one attached hydrogen (secondary N) is 1. The molecule has 0 spiro atoms. The van der Waals surface area contributed by atoms with Gasteiger partial charge in [-0.15, -0.1) is 0 Å². The van der Waals surface area contributed by atoms with Crippen LogP contribution in [0.2, 0.25) is 0 Å². The number of hydrogen-bond acceptors (Lipinski definition) is 2. The summed E-state index contributed by atoms with van der Waals surface area (Å²) >= 11 is 0. The van der Waals surface area contributed by atoms with E-state index in [4.69, 9.17) is 0 Å². The first kappa shape index (κ1) is 11.3. The van der Waals surface area contributed by atoms with Crippen LogP contribution >= 0.6 is 0 Å². The van der Waals surface area contributed by atoms with Crippen LogP contribution in [0.4, 0.5) is 11.4 Å². The van der Waals surface area contributed by atoms with Gasteiger partial charge < -0.3 is 10.2 Å². The fourth-order valence-corrected chi connectivity index (χ4v) is 2.55. The van der Waals surface area contributed by atoms with Crippen molar-refractivity contribution in [1.29, 1.82) is 0 Å². The van der Waals surface area contributed by atoms with Crippen LogP contribution in [0.1, 0.15) is 26.2 Å². The summed E-state index contributed by atoms with van der Waals surface area (Å²) in [6.07, 6.45) is 4.04. The molecule has 1 aliphatic rings. The molecule has 0 radical (unpaired) electrons. The first-order valence-corrected chi connectivity index (χ1v) is 6.21. The van der Waals surface area contributed by atoms with Gasteiger partial charge in [-0.05, 0) is 30.9 Å². The molecule has 1 fully saturated rings. The third-order valence-electron chi connectivity index (χ3n) is 3.59. The van der Waals surface area contributed by atoms with E-state index >= 15 is 0 Å². The Bertz CT molecular complexity index is 346. The lowest BCUT2D eigenvalue weighted by molar-refractivity contribution is 0.556. The lowest BCUT2D eigenvalue weighted by atomic mass is 10.1. The van der Waals surface area contributed by atoms with Gasteiger partial charge in [0.2, 0.25) is 0 Å². The quantitative estimate of drug-likeness (QED) is 0.837. The second-order valence-electron chi connectivity index (χ2n) is 5.07. The fourth-order valence-electron chi connectivity index (χ4n) is 2.55. The van der Waals surface area contributed by atoms with Gasteiger partial charge in [0, 0.05) is 20.1 Å². The van der Waals surface area contributed by atoms with Crippen LogP contribution < -0.4 is 10.2 Å². The van der Waals surface area contributed by atoms with Crippen LogP contribution in [-0.4, -0.2) is 20.1 Å². The van der Waals surface area contributed by atoms with E-state index < -0.39 is 0 Å². The van der Waals surface area contributed by atoms with Gasteiger partial charge >= 0.3 is 0 Å². The summed E-state index contributed by atoms with van der Waals surface area (Å²) in [5.41, 5.74) is 2.55. The fraction of sp³-hybridized carbons (Fsp3) is 0.571. The van der Waals surface area contributed by atoms with E-state index in [1.54, 1.807) is 0 Å². The molecule has 1 saturated carbocycles. The summed E-state index contributed by atoms with van der Waals surface area (Å²) in [6, 6.07) is 9.21. The van der Waals surface area contributed by atoms with Crippen molar-refractivity contribution < 1.29 is 0 Å². The van der Waals surface area contributed by atoms with Gasteiger partial charge in [0.25, 0.3) is 0 Å². The maximum absolute atomic E-state index is 3.70.